The van der Waals surface area contributed by atoms with Gasteiger partial charge in [0.05, 0.1) is 5.69 Å². The van der Waals surface area contributed by atoms with Gasteiger partial charge in [-0.3, -0.25) is 4.79 Å². The average molecular weight is 310 g/mol. The van der Waals surface area contributed by atoms with E-state index in [4.69, 9.17) is 0 Å². The second-order valence-corrected chi connectivity index (χ2v) is 5.64. The van der Waals surface area contributed by atoms with Crippen LogP contribution in [0, 0.1) is 11.6 Å². The minimum Gasteiger partial charge on any atom is -0.325 e. The van der Waals surface area contributed by atoms with Gasteiger partial charge in [0.1, 0.15) is 11.6 Å². The molecule has 1 aromatic heterocycles. The number of amides is 1. The minimum atomic E-state index is -0.559. The molecule has 0 saturated carbocycles. The van der Waals surface area contributed by atoms with Gasteiger partial charge in [-0.15, -0.1) is 11.3 Å². The van der Waals surface area contributed by atoms with Gasteiger partial charge in [-0.2, -0.15) is 0 Å². The fourth-order valence-corrected chi connectivity index (χ4v) is 2.77. The maximum atomic E-state index is 13.0. The van der Waals surface area contributed by atoms with Crippen LogP contribution in [0.15, 0.2) is 29.6 Å². The van der Waals surface area contributed by atoms with Gasteiger partial charge in [0.2, 0.25) is 5.91 Å². The van der Waals surface area contributed by atoms with Crippen LogP contribution in [0.4, 0.5) is 14.5 Å². The second-order valence-electron chi connectivity index (χ2n) is 4.64. The molecule has 112 valence electrons. The Bertz CT molecular complexity index is 608. The van der Waals surface area contributed by atoms with Gasteiger partial charge in [0.25, 0.3) is 0 Å². The van der Waals surface area contributed by atoms with E-state index in [1.165, 1.54) is 19.1 Å². The van der Waals surface area contributed by atoms with Crippen LogP contribution >= 0.6 is 11.3 Å². The maximum absolute atomic E-state index is 13.0. The van der Waals surface area contributed by atoms with Gasteiger partial charge >= 0.3 is 0 Å². The summed E-state index contributed by atoms with van der Waals surface area (Å²) in [4.78, 5) is 12.1. The summed E-state index contributed by atoms with van der Waals surface area (Å²) in [5, 5.41) is 7.87. The lowest BCUT2D eigenvalue weighted by Gasteiger charge is -2.07. The number of carbonyl (C=O) groups is 1. The first-order valence-electron chi connectivity index (χ1n) is 6.54. The molecule has 6 heteroatoms. The molecule has 2 N–H and O–H groups in total. The minimum absolute atomic E-state index is 0.107. The second kappa shape index (κ2) is 7.28. The summed E-state index contributed by atoms with van der Waals surface area (Å²) in [6.07, 6.45) is 0.537. The molecule has 0 atom stereocenters. The number of carbonyl (C=O) groups excluding carboxylic acids is 1. The number of rotatable bonds is 6. The Balaban J connectivity index is 1.82. The number of nitrogens with one attached hydrogen (secondary N) is 2. The van der Waals surface area contributed by atoms with Crippen molar-refractivity contribution in [3.05, 3.63) is 51.7 Å². The topological polar surface area (TPSA) is 41.1 Å². The summed E-state index contributed by atoms with van der Waals surface area (Å²) in [5.74, 6) is -1.22. The number of anilines is 1. The van der Waals surface area contributed by atoms with E-state index < -0.39 is 11.6 Å². The van der Waals surface area contributed by atoms with Crippen molar-refractivity contribution in [2.45, 2.75) is 19.9 Å². The number of thiophene rings is 1. The number of hydrogen-bond donors (Lipinski definition) is 2. The number of halogens is 2. The van der Waals surface area contributed by atoms with Gasteiger partial charge in [0.15, 0.2) is 0 Å². The monoisotopic (exact) mass is 310 g/mol. The van der Waals surface area contributed by atoms with Gasteiger partial charge in [-0.05, 0) is 42.1 Å². The number of hydrogen-bond acceptors (Lipinski definition) is 3. The third kappa shape index (κ3) is 4.91. The Labute approximate surface area is 126 Å². The third-order valence-electron chi connectivity index (χ3n) is 2.85. The van der Waals surface area contributed by atoms with E-state index >= 15 is 0 Å². The van der Waals surface area contributed by atoms with E-state index in [0.717, 1.165) is 16.6 Å². The zero-order valence-corrected chi connectivity index (χ0v) is 12.4. The van der Waals surface area contributed by atoms with Crippen LogP contribution in [0.2, 0.25) is 0 Å². The zero-order chi connectivity index (χ0) is 15.2. The quantitative estimate of drug-likeness (QED) is 0.804. The average Bonchev–Trinajstić information content (AvgIpc) is 2.80. The van der Waals surface area contributed by atoms with Crippen molar-refractivity contribution >= 4 is 22.9 Å². The molecule has 21 heavy (non-hydrogen) atoms. The Kier molecular flexibility index (Phi) is 5.41. The molecule has 0 aliphatic rings. The summed E-state index contributed by atoms with van der Waals surface area (Å²) in [5.41, 5.74) is 1.42. The highest BCUT2D eigenvalue weighted by Crippen LogP contribution is 2.21. The number of benzene rings is 1. The first-order valence-corrected chi connectivity index (χ1v) is 7.42. The summed E-state index contributed by atoms with van der Waals surface area (Å²) in [7, 11) is 0. The first-order chi connectivity index (χ1) is 10.0. The molecule has 0 unspecified atom stereocenters. The van der Waals surface area contributed by atoms with Crippen LogP contribution in [0.25, 0.3) is 0 Å². The summed E-state index contributed by atoms with van der Waals surface area (Å²) >= 11 is 1.55. The molecule has 0 bridgehead atoms. The summed E-state index contributed by atoms with van der Waals surface area (Å²) in [6, 6.07) is 5.38. The van der Waals surface area contributed by atoms with Gasteiger partial charge < -0.3 is 10.6 Å². The SMILES string of the molecule is CC(=O)Nc1ccsc1CNCCc1cc(F)cc(F)c1. The summed E-state index contributed by atoms with van der Waals surface area (Å²) in [6.45, 7) is 2.67. The largest absolute Gasteiger partial charge is 0.325 e. The van der Waals surface area contributed by atoms with E-state index in [1.54, 1.807) is 11.3 Å². The molecule has 3 nitrogen and oxygen atoms in total. The van der Waals surface area contributed by atoms with Crippen molar-refractivity contribution in [3.8, 4) is 0 Å². The molecular weight excluding hydrogens is 294 g/mol. The van der Waals surface area contributed by atoms with Crippen LogP contribution in [-0.2, 0) is 17.8 Å². The lowest BCUT2D eigenvalue weighted by molar-refractivity contribution is -0.114. The molecule has 0 saturated heterocycles. The maximum Gasteiger partial charge on any atom is 0.221 e. The van der Waals surface area contributed by atoms with Crippen molar-refractivity contribution in [3.63, 3.8) is 0 Å². The Morgan fingerprint density at radius 2 is 1.95 bits per heavy atom. The van der Waals surface area contributed by atoms with Crippen molar-refractivity contribution in [1.82, 2.24) is 5.32 Å². The predicted molar refractivity (Wildman–Crippen MR) is 80.4 cm³/mol. The Morgan fingerprint density at radius 1 is 1.24 bits per heavy atom. The molecule has 2 rings (SSSR count). The van der Waals surface area contributed by atoms with Crippen LogP contribution in [0.1, 0.15) is 17.4 Å². The lowest BCUT2D eigenvalue weighted by atomic mass is 10.1. The molecule has 1 heterocycles. The predicted octanol–water partition coefficient (Wildman–Crippen LogP) is 3.32. The molecule has 2 aromatic rings. The molecule has 1 aromatic carbocycles. The normalized spacial score (nSPS) is 10.6. The highest BCUT2D eigenvalue weighted by atomic mass is 32.1. The van der Waals surface area contributed by atoms with Gasteiger partial charge in [-0.25, -0.2) is 8.78 Å². The van der Waals surface area contributed by atoms with Crippen molar-refractivity contribution in [1.29, 1.82) is 0 Å². The standard InChI is InChI=1S/C15H16F2N2OS/c1-10(20)19-14-3-5-21-15(14)9-18-4-2-11-6-12(16)8-13(17)7-11/h3,5-8,18H,2,4,9H2,1H3,(H,19,20). The lowest BCUT2D eigenvalue weighted by Crippen LogP contribution is -2.17. The molecule has 0 aliphatic heterocycles. The van der Waals surface area contributed by atoms with E-state index in [2.05, 4.69) is 10.6 Å². The van der Waals surface area contributed by atoms with Crippen molar-refractivity contribution in [2.75, 3.05) is 11.9 Å². The first kappa shape index (κ1) is 15.6. The smallest absolute Gasteiger partial charge is 0.221 e. The molecule has 0 fully saturated rings. The Morgan fingerprint density at radius 3 is 2.62 bits per heavy atom. The Hall–Kier alpha value is -1.79. The molecule has 1 amide bonds. The summed E-state index contributed by atoms with van der Waals surface area (Å²) < 4.78 is 26.1. The van der Waals surface area contributed by atoms with E-state index in [9.17, 15) is 13.6 Å². The van der Waals surface area contributed by atoms with E-state index in [0.29, 0.717) is 25.1 Å². The fourth-order valence-electron chi connectivity index (χ4n) is 1.97. The third-order valence-corrected chi connectivity index (χ3v) is 3.78. The van der Waals surface area contributed by atoms with Crippen LogP contribution in [-0.4, -0.2) is 12.5 Å². The molecular formula is C15H16F2N2OS. The molecule has 0 spiro atoms. The van der Waals surface area contributed by atoms with Crippen LogP contribution in [0.5, 0.6) is 0 Å². The van der Waals surface area contributed by atoms with Crippen molar-refractivity contribution < 1.29 is 13.6 Å². The molecule has 0 radical (unpaired) electrons. The van der Waals surface area contributed by atoms with Crippen LogP contribution < -0.4 is 10.6 Å². The van der Waals surface area contributed by atoms with Gasteiger partial charge in [-0.1, -0.05) is 0 Å². The highest BCUT2D eigenvalue weighted by Gasteiger charge is 2.05. The van der Waals surface area contributed by atoms with Gasteiger partial charge in [0, 0.05) is 24.4 Å². The highest BCUT2D eigenvalue weighted by molar-refractivity contribution is 7.10. The van der Waals surface area contributed by atoms with Crippen molar-refractivity contribution in [2.24, 2.45) is 0 Å². The van der Waals surface area contributed by atoms with Crippen LogP contribution in [0.3, 0.4) is 0 Å². The zero-order valence-electron chi connectivity index (χ0n) is 11.6. The molecule has 0 aliphatic carbocycles. The van der Waals surface area contributed by atoms with E-state index in [1.807, 2.05) is 11.4 Å². The fraction of sp³-hybridized carbons (Fsp3) is 0.267. The van der Waals surface area contributed by atoms with E-state index in [-0.39, 0.29) is 5.91 Å².